The summed E-state index contributed by atoms with van der Waals surface area (Å²) < 4.78 is 0.791. The quantitative estimate of drug-likeness (QED) is 0.781. The van der Waals surface area contributed by atoms with Gasteiger partial charge in [-0.1, -0.05) is 32.0 Å². The monoisotopic (exact) mass is 346 g/mol. The molecule has 0 saturated carbocycles. The van der Waals surface area contributed by atoms with E-state index >= 15 is 0 Å². The molecule has 0 radical (unpaired) electrons. The smallest absolute Gasteiger partial charge is 0.255 e. The number of hydrogen-bond acceptors (Lipinski definition) is 2. The first kappa shape index (κ1) is 15.6. The van der Waals surface area contributed by atoms with Gasteiger partial charge in [0.1, 0.15) is 0 Å². The van der Waals surface area contributed by atoms with Crippen molar-refractivity contribution in [3.05, 3.63) is 58.1 Å². The van der Waals surface area contributed by atoms with E-state index in [1.165, 1.54) is 0 Å². The predicted octanol–water partition coefficient (Wildman–Crippen LogP) is 4.80. The fourth-order valence-corrected chi connectivity index (χ4v) is 2.39. The van der Waals surface area contributed by atoms with Crippen LogP contribution < -0.4 is 11.1 Å². The highest BCUT2D eigenvalue weighted by atomic mass is 79.9. The predicted molar refractivity (Wildman–Crippen MR) is 91.7 cm³/mol. The molecule has 3 N–H and O–H groups in total. The van der Waals surface area contributed by atoms with Crippen molar-refractivity contribution in [3.63, 3.8) is 0 Å². The van der Waals surface area contributed by atoms with E-state index in [1.807, 2.05) is 18.2 Å². The number of nitrogens with two attached hydrogens (primary N) is 1. The van der Waals surface area contributed by atoms with Crippen LogP contribution in [0.15, 0.2) is 46.9 Å². The maximum atomic E-state index is 12.4. The lowest BCUT2D eigenvalue weighted by atomic mass is 9.97. The molecule has 0 aliphatic carbocycles. The molecule has 110 valence electrons. The number of hydrogen-bond donors (Lipinski definition) is 2. The number of para-hydroxylation sites is 1. The topological polar surface area (TPSA) is 55.1 Å². The zero-order valence-corrected chi connectivity index (χ0v) is 13.8. The van der Waals surface area contributed by atoms with Gasteiger partial charge in [-0.25, -0.2) is 0 Å². The van der Waals surface area contributed by atoms with Crippen molar-refractivity contribution < 1.29 is 4.79 Å². The Hall–Kier alpha value is -1.81. The summed E-state index contributed by atoms with van der Waals surface area (Å²) >= 11 is 3.33. The fourth-order valence-electron chi connectivity index (χ4n) is 2.14. The molecule has 1 amide bonds. The highest BCUT2D eigenvalue weighted by Gasteiger charge is 2.12. The SMILES string of the molecule is CC[C@H](C)c1ccccc1NC(=O)c1ccc(Br)c(N)c1. The molecule has 2 aromatic rings. The number of nitrogen functional groups attached to an aromatic ring is 1. The third-order valence-corrected chi connectivity index (χ3v) is 4.33. The van der Waals surface area contributed by atoms with E-state index in [2.05, 4.69) is 41.2 Å². The number of anilines is 2. The molecule has 0 saturated heterocycles. The molecular weight excluding hydrogens is 328 g/mol. The van der Waals surface area contributed by atoms with Gasteiger partial charge in [0.15, 0.2) is 0 Å². The van der Waals surface area contributed by atoms with Crippen molar-refractivity contribution in [1.29, 1.82) is 0 Å². The Morgan fingerprint density at radius 1 is 1.29 bits per heavy atom. The third-order valence-electron chi connectivity index (χ3n) is 3.61. The lowest BCUT2D eigenvalue weighted by Crippen LogP contribution is -2.14. The van der Waals surface area contributed by atoms with Crippen LogP contribution >= 0.6 is 15.9 Å². The zero-order valence-electron chi connectivity index (χ0n) is 12.2. The Morgan fingerprint density at radius 3 is 2.67 bits per heavy atom. The average Bonchev–Trinajstić information content (AvgIpc) is 2.49. The average molecular weight is 347 g/mol. The van der Waals surface area contributed by atoms with Gasteiger partial charge in [0.05, 0.1) is 0 Å². The van der Waals surface area contributed by atoms with Crippen molar-refractivity contribution in [1.82, 2.24) is 0 Å². The van der Waals surface area contributed by atoms with Gasteiger partial charge in [0.2, 0.25) is 0 Å². The van der Waals surface area contributed by atoms with Crippen molar-refractivity contribution in [2.24, 2.45) is 0 Å². The normalized spacial score (nSPS) is 12.0. The van der Waals surface area contributed by atoms with Gasteiger partial charge in [-0.2, -0.15) is 0 Å². The van der Waals surface area contributed by atoms with Crippen molar-refractivity contribution >= 4 is 33.2 Å². The van der Waals surface area contributed by atoms with Crippen LogP contribution in [0.25, 0.3) is 0 Å². The summed E-state index contributed by atoms with van der Waals surface area (Å²) in [6.07, 6.45) is 1.03. The fraction of sp³-hybridized carbons (Fsp3) is 0.235. The number of benzene rings is 2. The summed E-state index contributed by atoms with van der Waals surface area (Å²) in [4.78, 5) is 12.4. The Bertz CT molecular complexity index is 655. The number of carbonyl (C=O) groups is 1. The first-order valence-electron chi connectivity index (χ1n) is 6.98. The molecule has 0 bridgehead atoms. The molecule has 0 heterocycles. The molecule has 3 nitrogen and oxygen atoms in total. The van der Waals surface area contributed by atoms with Crippen LogP contribution in [-0.4, -0.2) is 5.91 Å². The molecule has 0 unspecified atom stereocenters. The summed E-state index contributed by atoms with van der Waals surface area (Å²) in [6, 6.07) is 13.1. The molecule has 0 spiro atoms. The highest BCUT2D eigenvalue weighted by molar-refractivity contribution is 9.10. The molecule has 21 heavy (non-hydrogen) atoms. The van der Waals surface area contributed by atoms with E-state index < -0.39 is 0 Å². The molecule has 0 fully saturated rings. The van der Waals surface area contributed by atoms with Crippen LogP contribution in [0.4, 0.5) is 11.4 Å². The zero-order chi connectivity index (χ0) is 15.4. The third kappa shape index (κ3) is 3.64. The van der Waals surface area contributed by atoms with Crippen molar-refractivity contribution in [2.75, 3.05) is 11.1 Å². The Morgan fingerprint density at radius 2 is 2.00 bits per heavy atom. The van der Waals surface area contributed by atoms with Gasteiger partial charge in [0, 0.05) is 21.4 Å². The molecule has 0 aromatic heterocycles. The summed E-state index contributed by atoms with van der Waals surface area (Å²) in [5.74, 6) is 0.251. The summed E-state index contributed by atoms with van der Waals surface area (Å²) in [6.45, 7) is 4.29. The van der Waals surface area contributed by atoms with E-state index in [-0.39, 0.29) is 5.91 Å². The second-order valence-corrected chi connectivity index (χ2v) is 5.94. The molecular formula is C17H19BrN2O. The minimum atomic E-state index is -0.148. The van der Waals surface area contributed by atoms with Crippen LogP contribution in [-0.2, 0) is 0 Å². The number of halogens is 1. The number of carbonyl (C=O) groups excluding carboxylic acids is 1. The summed E-state index contributed by atoms with van der Waals surface area (Å²) in [7, 11) is 0. The maximum absolute atomic E-state index is 12.4. The van der Waals surface area contributed by atoms with Crippen LogP contribution in [0.1, 0.15) is 42.1 Å². The Kier molecular flexibility index (Phi) is 5.02. The molecule has 2 aromatic carbocycles. The second kappa shape index (κ2) is 6.76. The first-order chi connectivity index (χ1) is 10.0. The number of rotatable bonds is 4. The van der Waals surface area contributed by atoms with E-state index in [1.54, 1.807) is 18.2 Å². The molecule has 2 rings (SSSR count). The molecule has 0 aliphatic heterocycles. The van der Waals surface area contributed by atoms with Crippen LogP contribution in [0.5, 0.6) is 0 Å². The van der Waals surface area contributed by atoms with Crippen molar-refractivity contribution in [3.8, 4) is 0 Å². The second-order valence-electron chi connectivity index (χ2n) is 5.09. The van der Waals surface area contributed by atoms with Gasteiger partial charge in [-0.15, -0.1) is 0 Å². The van der Waals surface area contributed by atoms with Gasteiger partial charge >= 0.3 is 0 Å². The number of nitrogens with one attached hydrogen (secondary N) is 1. The largest absolute Gasteiger partial charge is 0.398 e. The standard InChI is InChI=1S/C17H19BrN2O/c1-3-11(2)13-6-4-5-7-16(13)20-17(21)12-8-9-14(18)15(19)10-12/h4-11H,3,19H2,1-2H3,(H,20,21)/t11-/m0/s1. The highest BCUT2D eigenvalue weighted by Crippen LogP contribution is 2.27. The minimum absolute atomic E-state index is 0.148. The van der Waals surface area contributed by atoms with Crippen LogP contribution in [0.2, 0.25) is 0 Å². The summed E-state index contributed by atoms with van der Waals surface area (Å²) in [5.41, 5.74) is 8.94. The molecule has 4 heteroatoms. The van der Waals surface area contributed by atoms with E-state index in [9.17, 15) is 4.79 Å². The lowest BCUT2D eigenvalue weighted by molar-refractivity contribution is 0.102. The summed E-state index contributed by atoms with van der Waals surface area (Å²) in [5, 5.41) is 2.98. The van der Waals surface area contributed by atoms with Crippen LogP contribution in [0.3, 0.4) is 0 Å². The van der Waals surface area contributed by atoms with E-state index in [0.717, 1.165) is 22.1 Å². The van der Waals surface area contributed by atoms with Gasteiger partial charge in [0.25, 0.3) is 5.91 Å². The van der Waals surface area contributed by atoms with Gasteiger partial charge in [-0.3, -0.25) is 4.79 Å². The maximum Gasteiger partial charge on any atom is 0.255 e. The van der Waals surface area contributed by atoms with Crippen LogP contribution in [0, 0.1) is 0 Å². The molecule has 0 aliphatic rings. The first-order valence-corrected chi connectivity index (χ1v) is 7.77. The van der Waals surface area contributed by atoms with E-state index in [0.29, 0.717) is 17.2 Å². The lowest BCUT2D eigenvalue weighted by Gasteiger charge is -2.15. The van der Waals surface area contributed by atoms with Crippen molar-refractivity contribution in [2.45, 2.75) is 26.2 Å². The Labute approximate surface area is 133 Å². The molecule has 1 atom stereocenters. The number of amides is 1. The Balaban J connectivity index is 2.25. The minimum Gasteiger partial charge on any atom is -0.398 e. The van der Waals surface area contributed by atoms with Gasteiger partial charge < -0.3 is 11.1 Å². The van der Waals surface area contributed by atoms with E-state index in [4.69, 9.17) is 5.73 Å². The van der Waals surface area contributed by atoms with Gasteiger partial charge in [-0.05, 0) is 58.1 Å².